The standard InChI is InChI=1S/C18H14F3N3O2S/c1-2-27-17-22-11-16(12-5-3-8-15(9-12)24(25)26)23(17)14-7-4-6-13(10-14)18(19,20)21/h3-11H,2H2,1H3. The summed E-state index contributed by atoms with van der Waals surface area (Å²) in [6, 6.07) is 10.9. The molecule has 5 nitrogen and oxygen atoms in total. The second-order valence-electron chi connectivity index (χ2n) is 5.55. The predicted octanol–water partition coefficient (Wildman–Crippen LogP) is 5.58. The first kappa shape index (κ1) is 19.0. The molecule has 0 N–H and O–H groups in total. The van der Waals surface area contributed by atoms with Crippen molar-refractivity contribution in [1.82, 2.24) is 9.55 Å². The van der Waals surface area contributed by atoms with Gasteiger partial charge in [0, 0.05) is 23.4 Å². The highest BCUT2D eigenvalue weighted by Crippen LogP contribution is 2.34. The van der Waals surface area contributed by atoms with Crippen LogP contribution in [-0.4, -0.2) is 20.2 Å². The number of thioether (sulfide) groups is 1. The lowest BCUT2D eigenvalue weighted by molar-refractivity contribution is -0.384. The molecule has 0 aliphatic heterocycles. The molecule has 9 heteroatoms. The SMILES string of the molecule is CCSc1ncc(-c2cccc([N+](=O)[O-])c2)n1-c1cccc(C(F)(F)F)c1. The predicted molar refractivity (Wildman–Crippen MR) is 97.1 cm³/mol. The zero-order valence-corrected chi connectivity index (χ0v) is 14.9. The largest absolute Gasteiger partial charge is 0.416 e. The van der Waals surface area contributed by atoms with Crippen molar-refractivity contribution in [1.29, 1.82) is 0 Å². The average molecular weight is 393 g/mol. The summed E-state index contributed by atoms with van der Waals surface area (Å²) in [6.07, 6.45) is -2.96. The third kappa shape index (κ3) is 3.97. The van der Waals surface area contributed by atoms with Crippen LogP contribution in [-0.2, 0) is 6.18 Å². The molecular formula is C18H14F3N3O2S. The first-order chi connectivity index (χ1) is 12.8. The van der Waals surface area contributed by atoms with Crippen LogP contribution in [0.1, 0.15) is 12.5 Å². The van der Waals surface area contributed by atoms with Gasteiger partial charge in [0.2, 0.25) is 0 Å². The van der Waals surface area contributed by atoms with Gasteiger partial charge in [-0.3, -0.25) is 14.7 Å². The van der Waals surface area contributed by atoms with E-state index in [-0.39, 0.29) is 5.69 Å². The maximum atomic E-state index is 13.1. The Hall–Kier alpha value is -2.81. The van der Waals surface area contributed by atoms with Crippen LogP contribution in [0.25, 0.3) is 16.9 Å². The fourth-order valence-corrected chi connectivity index (χ4v) is 3.34. The van der Waals surface area contributed by atoms with Crippen LogP contribution in [0.2, 0.25) is 0 Å². The van der Waals surface area contributed by atoms with Gasteiger partial charge in [0.05, 0.1) is 22.4 Å². The number of alkyl halides is 3. The number of nitrogens with zero attached hydrogens (tertiary/aromatic N) is 3. The number of aromatic nitrogens is 2. The summed E-state index contributed by atoms with van der Waals surface area (Å²) in [5, 5.41) is 11.6. The van der Waals surface area contributed by atoms with Gasteiger partial charge in [-0.1, -0.05) is 36.9 Å². The minimum Gasteiger partial charge on any atom is -0.287 e. The third-order valence-corrected chi connectivity index (χ3v) is 4.62. The average Bonchev–Trinajstić information content (AvgIpc) is 3.05. The normalized spacial score (nSPS) is 11.6. The summed E-state index contributed by atoms with van der Waals surface area (Å²) >= 11 is 1.37. The van der Waals surface area contributed by atoms with E-state index in [1.54, 1.807) is 16.7 Å². The van der Waals surface area contributed by atoms with Crippen molar-refractivity contribution in [3.8, 4) is 16.9 Å². The number of non-ortho nitro benzene ring substituents is 1. The van der Waals surface area contributed by atoms with Gasteiger partial charge in [-0.15, -0.1) is 0 Å². The molecule has 27 heavy (non-hydrogen) atoms. The van der Waals surface area contributed by atoms with E-state index in [1.807, 2.05) is 6.92 Å². The van der Waals surface area contributed by atoms with E-state index < -0.39 is 16.7 Å². The first-order valence-electron chi connectivity index (χ1n) is 7.94. The second kappa shape index (κ2) is 7.43. The summed E-state index contributed by atoms with van der Waals surface area (Å²) in [4.78, 5) is 14.8. The van der Waals surface area contributed by atoms with Crippen LogP contribution in [0.4, 0.5) is 18.9 Å². The second-order valence-corrected chi connectivity index (χ2v) is 6.78. The molecule has 0 atom stereocenters. The number of halogens is 3. The fraction of sp³-hybridized carbons (Fsp3) is 0.167. The molecule has 0 saturated carbocycles. The van der Waals surface area contributed by atoms with E-state index in [0.717, 1.165) is 12.1 Å². The van der Waals surface area contributed by atoms with Crippen LogP contribution in [0.3, 0.4) is 0 Å². The lowest BCUT2D eigenvalue weighted by Gasteiger charge is -2.14. The lowest BCUT2D eigenvalue weighted by atomic mass is 10.1. The van der Waals surface area contributed by atoms with Crippen LogP contribution in [0.5, 0.6) is 0 Å². The highest BCUT2D eigenvalue weighted by atomic mass is 32.2. The summed E-state index contributed by atoms with van der Waals surface area (Å²) in [5.41, 5.74) is 0.394. The Bertz CT molecular complexity index is 986. The number of nitro benzene ring substituents is 1. The van der Waals surface area contributed by atoms with Crippen LogP contribution in [0, 0.1) is 10.1 Å². The Morgan fingerprint density at radius 1 is 1.19 bits per heavy atom. The molecule has 0 radical (unpaired) electrons. The molecule has 0 spiro atoms. The number of benzene rings is 2. The summed E-state index contributed by atoms with van der Waals surface area (Å²) < 4.78 is 40.9. The third-order valence-electron chi connectivity index (χ3n) is 3.79. The first-order valence-corrected chi connectivity index (χ1v) is 8.93. The molecule has 0 bridgehead atoms. The Labute approximate surface area is 157 Å². The number of rotatable bonds is 5. The Kier molecular flexibility index (Phi) is 5.22. The number of hydrogen-bond acceptors (Lipinski definition) is 4. The molecule has 0 amide bonds. The van der Waals surface area contributed by atoms with E-state index in [2.05, 4.69) is 4.98 Å². The van der Waals surface area contributed by atoms with E-state index in [9.17, 15) is 23.3 Å². The molecule has 0 saturated heterocycles. The maximum Gasteiger partial charge on any atom is 0.416 e. The molecule has 1 aromatic heterocycles. The smallest absolute Gasteiger partial charge is 0.287 e. The zero-order valence-electron chi connectivity index (χ0n) is 14.1. The van der Waals surface area contributed by atoms with Gasteiger partial charge in [0.25, 0.3) is 5.69 Å². The molecule has 0 aliphatic rings. The molecule has 0 aliphatic carbocycles. The van der Waals surface area contributed by atoms with Crippen LogP contribution in [0.15, 0.2) is 59.9 Å². The highest BCUT2D eigenvalue weighted by Gasteiger charge is 2.31. The molecule has 3 rings (SSSR count). The molecule has 1 heterocycles. The zero-order chi connectivity index (χ0) is 19.6. The van der Waals surface area contributed by atoms with Gasteiger partial charge < -0.3 is 0 Å². The van der Waals surface area contributed by atoms with Crippen molar-refractivity contribution in [2.24, 2.45) is 0 Å². The molecule has 0 unspecified atom stereocenters. The van der Waals surface area contributed by atoms with E-state index in [1.165, 1.54) is 42.2 Å². The summed E-state index contributed by atoms with van der Waals surface area (Å²) in [6.45, 7) is 1.91. The molecule has 0 fully saturated rings. The number of hydrogen-bond donors (Lipinski definition) is 0. The van der Waals surface area contributed by atoms with Crippen molar-refractivity contribution in [3.63, 3.8) is 0 Å². The van der Waals surface area contributed by atoms with Crippen LogP contribution >= 0.6 is 11.8 Å². The van der Waals surface area contributed by atoms with Crippen molar-refractivity contribution in [2.75, 3.05) is 5.75 Å². The number of imidazole rings is 1. The molecular weight excluding hydrogens is 379 g/mol. The number of nitro groups is 1. The quantitative estimate of drug-likeness (QED) is 0.323. The Balaban J connectivity index is 2.19. The summed E-state index contributed by atoms with van der Waals surface area (Å²) in [5.74, 6) is 0.671. The minimum absolute atomic E-state index is 0.103. The van der Waals surface area contributed by atoms with E-state index in [4.69, 9.17) is 0 Å². The molecule has 140 valence electrons. The summed E-state index contributed by atoms with van der Waals surface area (Å²) in [7, 11) is 0. The topological polar surface area (TPSA) is 61.0 Å². The van der Waals surface area contributed by atoms with Crippen LogP contribution < -0.4 is 0 Å². The Morgan fingerprint density at radius 3 is 2.59 bits per heavy atom. The van der Waals surface area contributed by atoms with Crippen molar-refractivity contribution >= 4 is 17.4 Å². The maximum absolute atomic E-state index is 13.1. The van der Waals surface area contributed by atoms with Gasteiger partial charge in [0.15, 0.2) is 5.16 Å². The van der Waals surface area contributed by atoms with E-state index >= 15 is 0 Å². The molecule has 3 aromatic rings. The van der Waals surface area contributed by atoms with Crippen molar-refractivity contribution in [2.45, 2.75) is 18.3 Å². The lowest BCUT2D eigenvalue weighted by Crippen LogP contribution is -2.07. The van der Waals surface area contributed by atoms with E-state index in [0.29, 0.717) is 27.9 Å². The van der Waals surface area contributed by atoms with Gasteiger partial charge in [0.1, 0.15) is 0 Å². The van der Waals surface area contributed by atoms with Crippen molar-refractivity contribution in [3.05, 3.63) is 70.4 Å². The monoisotopic (exact) mass is 393 g/mol. The minimum atomic E-state index is -4.47. The fourth-order valence-electron chi connectivity index (χ4n) is 2.62. The highest BCUT2D eigenvalue weighted by molar-refractivity contribution is 7.99. The van der Waals surface area contributed by atoms with Gasteiger partial charge in [-0.2, -0.15) is 13.2 Å². The van der Waals surface area contributed by atoms with Gasteiger partial charge in [-0.25, -0.2) is 4.98 Å². The Morgan fingerprint density at radius 2 is 1.93 bits per heavy atom. The van der Waals surface area contributed by atoms with Gasteiger partial charge >= 0.3 is 6.18 Å². The van der Waals surface area contributed by atoms with Gasteiger partial charge in [-0.05, 0) is 24.0 Å². The molecule has 2 aromatic carbocycles. The van der Waals surface area contributed by atoms with Crippen molar-refractivity contribution < 1.29 is 18.1 Å².